The molecule has 0 radical (unpaired) electrons. The van der Waals surface area contributed by atoms with Crippen molar-refractivity contribution >= 4 is 5.97 Å². The smallest absolute Gasteiger partial charge is 0.353 e. The van der Waals surface area contributed by atoms with Crippen LogP contribution in [0.5, 0.6) is 0 Å². The van der Waals surface area contributed by atoms with Gasteiger partial charge in [-0.15, -0.1) is 0 Å². The lowest BCUT2D eigenvalue weighted by Crippen LogP contribution is -2.50. The molecule has 0 aromatic heterocycles. The number of aliphatic hydroxyl groups is 1. The van der Waals surface area contributed by atoms with E-state index in [2.05, 4.69) is 5.32 Å². The Bertz CT molecular complexity index is 170. The van der Waals surface area contributed by atoms with E-state index >= 15 is 0 Å². The summed E-state index contributed by atoms with van der Waals surface area (Å²) < 4.78 is 4.94. The summed E-state index contributed by atoms with van der Waals surface area (Å²) in [4.78, 5) is 11.2. The van der Waals surface area contributed by atoms with Gasteiger partial charge in [-0.25, -0.2) is 4.79 Å². The minimum absolute atomic E-state index is 0.572. The van der Waals surface area contributed by atoms with Crippen LogP contribution in [0.1, 0.15) is 27.7 Å². The van der Waals surface area contributed by atoms with Gasteiger partial charge >= 0.3 is 5.97 Å². The van der Waals surface area contributed by atoms with Crippen LogP contribution in [-0.4, -0.2) is 29.4 Å². The van der Waals surface area contributed by atoms with E-state index in [4.69, 9.17) is 4.74 Å². The molecule has 1 unspecified atom stereocenters. The summed E-state index contributed by atoms with van der Waals surface area (Å²) in [5.41, 5.74) is -2.18. The molecule has 4 nitrogen and oxygen atoms in total. The molecule has 0 rings (SSSR count). The molecule has 0 fully saturated rings. The molecular weight excluding hydrogens is 158 g/mol. The maximum Gasteiger partial charge on any atom is 0.353 e. The van der Waals surface area contributed by atoms with Crippen LogP contribution in [0.3, 0.4) is 0 Å². The third-order valence-electron chi connectivity index (χ3n) is 1.28. The van der Waals surface area contributed by atoms with Crippen molar-refractivity contribution in [2.75, 3.05) is 7.05 Å². The largest absolute Gasteiger partial charge is 0.457 e. The molecule has 4 heteroatoms. The van der Waals surface area contributed by atoms with Crippen LogP contribution in [0.4, 0.5) is 0 Å². The van der Waals surface area contributed by atoms with Crippen molar-refractivity contribution in [3.63, 3.8) is 0 Å². The van der Waals surface area contributed by atoms with E-state index in [1.54, 1.807) is 20.8 Å². The van der Waals surface area contributed by atoms with E-state index in [-0.39, 0.29) is 0 Å². The molecule has 0 aliphatic rings. The average molecular weight is 175 g/mol. The summed E-state index contributed by atoms with van der Waals surface area (Å²) in [5.74, 6) is -0.669. The predicted molar refractivity (Wildman–Crippen MR) is 45.5 cm³/mol. The summed E-state index contributed by atoms with van der Waals surface area (Å²) in [7, 11) is 1.49. The zero-order valence-electron chi connectivity index (χ0n) is 8.26. The highest BCUT2D eigenvalue weighted by Crippen LogP contribution is 2.11. The van der Waals surface area contributed by atoms with Gasteiger partial charge in [0.25, 0.3) is 0 Å². The van der Waals surface area contributed by atoms with Gasteiger partial charge in [0.1, 0.15) is 5.60 Å². The number of likely N-dealkylation sites (N-methyl/N-ethyl adjacent to an activating group) is 1. The number of hydrogen-bond donors (Lipinski definition) is 2. The van der Waals surface area contributed by atoms with Crippen LogP contribution in [0.25, 0.3) is 0 Å². The van der Waals surface area contributed by atoms with Crippen molar-refractivity contribution in [1.82, 2.24) is 5.32 Å². The van der Waals surface area contributed by atoms with E-state index in [9.17, 15) is 9.90 Å². The molecule has 0 spiro atoms. The Morgan fingerprint density at radius 3 is 2.00 bits per heavy atom. The second-order valence-electron chi connectivity index (χ2n) is 3.82. The Morgan fingerprint density at radius 1 is 1.33 bits per heavy atom. The van der Waals surface area contributed by atoms with Gasteiger partial charge in [-0.2, -0.15) is 0 Å². The number of rotatable bonds is 2. The molecule has 0 bridgehead atoms. The average Bonchev–Trinajstić information content (AvgIpc) is 1.84. The summed E-state index contributed by atoms with van der Waals surface area (Å²) in [5, 5.41) is 11.8. The van der Waals surface area contributed by atoms with Crippen LogP contribution < -0.4 is 5.32 Å². The van der Waals surface area contributed by atoms with Gasteiger partial charge < -0.3 is 9.84 Å². The van der Waals surface area contributed by atoms with Gasteiger partial charge in [0.05, 0.1) is 0 Å². The molecule has 0 amide bonds. The van der Waals surface area contributed by atoms with Gasteiger partial charge in [-0.1, -0.05) is 0 Å². The Hall–Kier alpha value is -0.610. The van der Waals surface area contributed by atoms with Crippen LogP contribution >= 0.6 is 0 Å². The van der Waals surface area contributed by atoms with E-state index < -0.39 is 17.3 Å². The zero-order valence-corrected chi connectivity index (χ0v) is 8.26. The molecule has 0 aliphatic carbocycles. The fourth-order valence-electron chi connectivity index (χ4n) is 0.480. The quantitative estimate of drug-likeness (QED) is 0.467. The summed E-state index contributed by atoms with van der Waals surface area (Å²) in [6.45, 7) is 6.59. The second kappa shape index (κ2) is 3.41. The molecule has 0 aliphatic heterocycles. The number of ether oxygens (including phenoxy) is 1. The van der Waals surface area contributed by atoms with Gasteiger partial charge in [0, 0.05) is 0 Å². The standard InChI is InChI=1S/C8H17NO3/c1-7(2,3)12-6(10)8(4,11)9-5/h9,11H,1-5H3. The first kappa shape index (κ1) is 11.4. The lowest BCUT2D eigenvalue weighted by atomic mass is 10.2. The third kappa shape index (κ3) is 3.69. The van der Waals surface area contributed by atoms with Crippen LogP contribution in [0, 0.1) is 0 Å². The van der Waals surface area contributed by atoms with Gasteiger partial charge in [-0.05, 0) is 34.7 Å². The topological polar surface area (TPSA) is 58.6 Å². The maximum absolute atomic E-state index is 11.2. The highest BCUT2D eigenvalue weighted by atomic mass is 16.6. The fraction of sp³-hybridized carbons (Fsp3) is 0.875. The van der Waals surface area contributed by atoms with Crippen molar-refractivity contribution in [3.8, 4) is 0 Å². The van der Waals surface area contributed by atoms with Crippen molar-refractivity contribution in [2.24, 2.45) is 0 Å². The van der Waals surface area contributed by atoms with E-state index in [0.717, 1.165) is 0 Å². The molecule has 0 aromatic carbocycles. The predicted octanol–water partition coefficient (Wildman–Crippen LogP) is 0.256. The fourth-order valence-corrected chi connectivity index (χ4v) is 0.480. The highest BCUT2D eigenvalue weighted by Gasteiger charge is 2.32. The number of esters is 1. The Balaban J connectivity index is 4.23. The van der Waals surface area contributed by atoms with Crippen LogP contribution in [0.15, 0.2) is 0 Å². The first-order valence-electron chi connectivity index (χ1n) is 3.84. The van der Waals surface area contributed by atoms with Crippen LogP contribution in [-0.2, 0) is 9.53 Å². The highest BCUT2D eigenvalue weighted by molar-refractivity contribution is 5.78. The molecule has 12 heavy (non-hydrogen) atoms. The van der Waals surface area contributed by atoms with E-state index in [0.29, 0.717) is 0 Å². The van der Waals surface area contributed by atoms with Crippen molar-refractivity contribution in [2.45, 2.75) is 39.0 Å². The normalized spacial score (nSPS) is 16.8. The molecule has 1 atom stereocenters. The lowest BCUT2D eigenvalue weighted by Gasteiger charge is -2.26. The summed E-state index contributed by atoms with van der Waals surface area (Å²) in [6.07, 6.45) is 0. The number of carbonyl (C=O) groups is 1. The number of nitrogens with one attached hydrogen (secondary N) is 1. The zero-order chi connectivity index (χ0) is 9.99. The van der Waals surface area contributed by atoms with Crippen molar-refractivity contribution < 1.29 is 14.6 Å². The molecule has 0 aromatic rings. The SMILES string of the molecule is CNC(C)(O)C(=O)OC(C)(C)C. The number of carbonyl (C=O) groups excluding carboxylic acids is 1. The molecule has 0 heterocycles. The maximum atomic E-state index is 11.2. The molecule has 0 saturated carbocycles. The van der Waals surface area contributed by atoms with E-state index in [1.165, 1.54) is 14.0 Å². The number of hydrogen-bond acceptors (Lipinski definition) is 4. The summed E-state index contributed by atoms with van der Waals surface area (Å²) >= 11 is 0. The Labute approximate surface area is 72.9 Å². The first-order chi connectivity index (χ1) is 5.19. The molecule has 72 valence electrons. The monoisotopic (exact) mass is 175 g/mol. The Kier molecular flexibility index (Phi) is 3.24. The Morgan fingerprint density at radius 2 is 1.75 bits per heavy atom. The first-order valence-corrected chi connectivity index (χ1v) is 3.84. The second-order valence-corrected chi connectivity index (χ2v) is 3.82. The van der Waals surface area contributed by atoms with Gasteiger partial charge in [0.15, 0.2) is 0 Å². The lowest BCUT2D eigenvalue weighted by molar-refractivity contribution is -0.178. The molecule has 2 N–H and O–H groups in total. The third-order valence-corrected chi connectivity index (χ3v) is 1.28. The van der Waals surface area contributed by atoms with Gasteiger partial charge in [-0.3, -0.25) is 5.32 Å². The van der Waals surface area contributed by atoms with Crippen LogP contribution in [0.2, 0.25) is 0 Å². The van der Waals surface area contributed by atoms with Crippen molar-refractivity contribution in [1.29, 1.82) is 0 Å². The van der Waals surface area contributed by atoms with Crippen molar-refractivity contribution in [3.05, 3.63) is 0 Å². The minimum atomic E-state index is -1.60. The minimum Gasteiger partial charge on any atom is -0.457 e. The molecular formula is C8H17NO3. The summed E-state index contributed by atoms with van der Waals surface area (Å²) in [6, 6.07) is 0. The molecule has 0 saturated heterocycles. The van der Waals surface area contributed by atoms with E-state index in [1.807, 2.05) is 0 Å². The van der Waals surface area contributed by atoms with Gasteiger partial charge in [0.2, 0.25) is 5.72 Å².